The summed E-state index contributed by atoms with van der Waals surface area (Å²) in [6, 6.07) is 11.8. The molecule has 3 heterocycles. The Hall–Kier alpha value is -4.18. The number of ether oxygens (including phenoxy) is 4. The van der Waals surface area contributed by atoms with Crippen LogP contribution in [0.5, 0.6) is 5.75 Å². The van der Waals surface area contributed by atoms with Crippen LogP contribution in [0.3, 0.4) is 0 Å². The Morgan fingerprint density at radius 2 is 1.61 bits per heavy atom. The predicted octanol–water partition coefficient (Wildman–Crippen LogP) is 10.0. The number of halogens is 5. The fourth-order valence-corrected chi connectivity index (χ4v) is 8.01. The van der Waals surface area contributed by atoms with E-state index in [-0.39, 0.29) is 47.0 Å². The molecule has 350 valence electrons. The van der Waals surface area contributed by atoms with Gasteiger partial charge in [0.25, 0.3) is 17.7 Å². The summed E-state index contributed by atoms with van der Waals surface area (Å²) in [5, 5.41) is -0.0677. The Bertz CT molecular complexity index is 2080. The van der Waals surface area contributed by atoms with Crippen LogP contribution >= 0.6 is 46.4 Å². The number of esters is 1. The van der Waals surface area contributed by atoms with Gasteiger partial charge in [0.05, 0.1) is 35.8 Å². The highest BCUT2D eigenvalue weighted by molar-refractivity contribution is 6.53. The molecule has 3 aromatic rings. The van der Waals surface area contributed by atoms with E-state index in [4.69, 9.17) is 69.8 Å². The Kier molecular flexibility index (Phi) is 20.4. The summed E-state index contributed by atoms with van der Waals surface area (Å²) in [4.78, 5) is 63.8. The molecule has 0 radical (unpaired) electrons. The summed E-state index contributed by atoms with van der Waals surface area (Å²) in [6.07, 6.45) is 8.44. The number of alkyl halides is 3. The first-order valence-corrected chi connectivity index (χ1v) is 23.0. The van der Waals surface area contributed by atoms with E-state index >= 15 is 0 Å². The molecule has 0 spiro atoms. The number of hydrogen-bond donors (Lipinski definition) is 0. The summed E-state index contributed by atoms with van der Waals surface area (Å²) in [7, 11) is 1.58. The molecule has 0 saturated carbocycles. The van der Waals surface area contributed by atoms with Gasteiger partial charge in [0, 0.05) is 24.3 Å². The number of furan rings is 1. The summed E-state index contributed by atoms with van der Waals surface area (Å²) >= 11 is 22.9. The molecular formula is C46H56Cl4FN3O10. The average molecular weight is 972 g/mol. The van der Waals surface area contributed by atoms with Gasteiger partial charge in [-0.2, -0.15) is 0 Å². The van der Waals surface area contributed by atoms with Gasteiger partial charge in [-0.25, -0.2) is 14.1 Å². The van der Waals surface area contributed by atoms with Gasteiger partial charge >= 0.3 is 5.97 Å². The van der Waals surface area contributed by atoms with E-state index in [0.29, 0.717) is 42.9 Å². The highest BCUT2D eigenvalue weighted by Crippen LogP contribution is 2.40. The number of carbonyl (C=O) groups is 5. The Labute approximate surface area is 394 Å². The van der Waals surface area contributed by atoms with E-state index in [1.54, 1.807) is 38.2 Å². The lowest BCUT2D eigenvalue weighted by molar-refractivity contribution is -0.146. The second-order valence-electron chi connectivity index (χ2n) is 15.4. The maximum absolute atomic E-state index is 14.5. The lowest BCUT2D eigenvalue weighted by Gasteiger charge is -2.29. The largest absolute Gasteiger partial charge is 0.480 e. The van der Waals surface area contributed by atoms with Crippen molar-refractivity contribution in [1.29, 1.82) is 0 Å². The molecule has 0 N–H and O–H groups in total. The van der Waals surface area contributed by atoms with Crippen LogP contribution < -0.4 is 14.5 Å². The quantitative estimate of drug-likeness (QED) is 0.0447. The minimum absolute atomic E-state index is 0.000883. The van der Waals surface area contributed by atoms with Crippen LogP contribution in [-0.2, 0) is 51.0 Å². The monoisotopic (exact) mass is 969 g/mol. The van der Waals surface area contributed by atoms with Crippen molar-refractivity contribution in [1.82, 2.24) is 4.90 Å². The van der Waals surface area contributed by atoms with Crippen molar-refractivity contribution >= 4 is 87.4 Å². The van der Waals surface area contributed by atoms with Crippen LogP contribution in [0.1, 0.15) is 103 Å². The molecule has 1 aliphatic carbocycles. The molecule has 1 atom stereocenters. The fourth-order valence-electron chi connectivity index (χ4n) is 7.43. The third-order valence-corrected chi connectivity index (χ3v) is 11.5. The molecule has 1 saturated heterocycles. The van der Waals surface area contributed by atoms with Gasteiger partial charge in [0.15, 0.2) is 11.4 Å². The number of methoxy groups -OCH3 is 1. The lowest BCUT2D eigenvalue weighted by Crippen LogP contribution is -2.45. The fraction of sp³-hybridized carbons (Fsp3) is 0.500. The second-order valence-corrected chi connectivity index (χ2v) is 17.2. The molecule has 4 amide bonds. The molecule has 6 rings (SSSR count). The molecule has 1 fully saturated rings. The van der Waals surface area contributed by atoms with Crippen molar-refractivity contribution in [3.05, 3.63) is 87.6 Å². The van der Waals surface area contributed by atoms with Crippen LogP contribution in [0.4, 0.5) is 15.8 Å². The van der Waals surface area contributed by atoms with Crippen LogP contribution in [0, 0.1) is 5.82 Å². The summed E-state index contributed by atoms with van der Waals surface area (Å²) in [5.74, 6) is -2.24. The third kappa shape index (κ3) is 13.2. The molecule has 1 aromatic heterocycles. The zero-order chi connectivity index (χ0) is 47.1. The molecular weight excluding hydrogens is 915 g/mol. The maximum Gasteiger partial charge on any atom is 0.344 e. The lowest BCUT2D eigenvalue weighted by atomic mass is 9.93. The molecule has 1 unspecified atom stereocenters. The smallest absolute Gasteiger partial charge is 0.344 e. The van der Waals surface area contributed by atoms with Crippen molar-refractivity contribution < 1.29 is 51.7 Å². The number of carbonyl (C=O) groups excluding carboxylic acids is 5. The molecule has 18 heteroatoms. The summed E-state index contributed by atoms with van der Waals surface area (Å²) in [6.45, 7) is 10.3. The molecule has 2 aromatic carbocycles. The molecule has 13 nitrogen and oxygen atoms in total. The van der Waals surface area contributed by atoms with Gasteiger partial charge < -0.3 is 28.3 Å². The van der Waals surface area contributed by atoms with E-state index in [1.807, 2.05) is 31.2 Å². The van der Waals surface area contributed by atoms with Crippen molar-refractivity contribution in [3.8, 4) is 5.75 Å². The first kappa shape index (κ1) is 52.4. The van der Waals surface area contributed by atoms with E-state index in [1.165, 1.54) is 11.0 Å². The number of imide groups is 1. The van der Waals surface area contributed by atoms with Crippen LogP contribution in [0.15, 0.2) is 64.3 Å². The van der Waals surface area contributed by atoms with Gasteiger partial charge in [-0.1, -0.05) is 86.6 Å². The van der Waals surface area contributed by atoms with E-state index in [9.17, 15) is 28.4 Å². The topological polar surface area (TPSA) is 145 Å². The van der Waals surface area contributed by atoms with E-state index in [0.717, 1.165) is 72.7 Å². The number of amides is 4. The highest BCUT2D eigenvalue weighted by atomic mass is 35.5. The zero-order valence-corrected chi connectivity index (χ0v) is 40.0. The number of nitrogens with zero attached hydrogens (tertiary/aromatic N) is 3. The van der Waals surface area contributed by atoms with Gasteiger partial charge in [0.1, 0.15) is 41.8 Å². The molecule has 64 heavy (non-hydrogen) atoms. The summed E-state index contributed by atoms with van der Waals surface area (Å²) < 4.78 is 41.1. The predicted molar refractivity (Wildman–Crippen MR) is 244 cm³/mol. The first-order chi connectivity index (χ1) is 30.5. The number of rotatable bonds is 16. The van der Waals surface area contributed by atoms with Crippen LogP contribution in [0.25, 0.3) is 0 Å². The number of anilines is 2. The first-order valence-electron chi connectivity index (χ1n) is 21.2. The van der Waals surface area contributed by atoms with Crippen LogP contribution in [0.2, 0.25) is 5.02 Å². The Balaban J connectivity index is 0.000000222. The zero-order valence-electron chi connectivity index (χ0n) is 37.0. The van der Waals surface area contributed by atoms with E-state index in [2.05, 4.69) is 13.8 Å². The minimum atomic E-state index is -1.08. The van der Waals surface area contributed by atoms with Gasteiger partial charge in [-0.3, -0.25) is 24.1 Å². The van der Waals surface area contributed by atoms with Gasteiger partial charge in [0.2, 0.25) is 5.91 Å². The van der Waals surface area contributed by atoms with Crippen molar-refractivity contribution in [3.63, 3.8) is 0 Å². The SMILES string of the molecule is CC1(C)OC(c2ccco2)CN1C(=O)C(Cl)Cl.CCCCCOC(=O)COc1cc(N2C(=O)C3=C(CCCC3)C2=O)c(F)cc1Cl.CCc1cccc(CC)c1N(COC)C(=O)CCl. The third-order valence-electron chi connectivity index (χ3n) is 10.6. The summed E-state index contributed by atoms with van der Waals surface area (Å²) in [5.41, 5.74) is 3.17. The standard InChI is InChI=1S/C21H23ClFNO5.C14H20ClNO2.C11H13Cl2NO3/c1-2-3-6-9-28-19(25)12-29-18-11-17(16(23)10-15(18)22)24-20(26)13-7-4-5-8-14(13)21(24)27;1-4-11-7-6-8-12(5-2)14(11)16(10-18-3)13(17)9-15;1-11(2)14(10(15)9(12)13)6-8(17-11)7-4-3-5-16-7/h10-11H,2-9,12H2,1H3;6-8H,4-5,9-10H2,1-3H3;3-5,8-9H,6H2,1-2H3. The van der Waals surface area contributed by atoms with Gasteiger partial charge in [-0.15, -0.1) is 11.6 Å². The number of para-hydroxylation sites is 1. The minimum Gasteiger partial charge on any atom is -0.480 e. The van der Waals surface area contributed by atoms with Crippen molar-refractivity contribution in [2.75, 3.05) is 49.3 Å². The number of unbranched alkanes of at least 4 members (excludes halogenated alkanes) is 2. The average Bonchev–Trinajstić information content (AvgIpc) is 4.00. The maximum atomic E-state index is 14.5. The second kappa shape index (κ2) is 24.9. The Morgan fingerprint density at radius 1 is 0.969 bits per heavy atom. The van der Waals surface area contributed by atoms with Gasteiger partial charge in [-0.05, 0) is 88.1 Å². The molecule has 0 bridgehead atoms. The normalized spacial score (nSPS) is 16.5. The highest BCUT2D eigenvalue weighted by Gasteiger charge is 2.45. The van der Waals surface area contributed by atoms with Crippen molar-refractivity contribution in [2.24, 2.45) is 0 Å². The number of benzene rings is 2. The van der Waals surface area contributed by atoms with Crippen molar-refractivity contribution in [2.45, 2.75) is 109 Å². The number of aryl methyl sites for hydroxylation is 2. The molecule has 3 aliphatic rings. The van der Waals surface area contributed by atoms with Crippen LogP contribution in [-0.4, -0.2) is 84.5 Å². The molecule has 2 aliphatic heterocycles. The Morgan fingerprint density at radius 3 is 2.14 bits per heavy atom. The number of hydrogen-bond acceptors (Lipinski definition) is 10. The van der Waals surface area contributed by atoms with E-state index < -0.39 is 40.8 Å².